The third kappa shape index (κ3) is 3.53. The number of aryl methyl sites for hydroxylation is 2. The molecule has 0 saturated heterocycles. The topological polar surface area (TPSA) is 84.9 Å². The Morgan fingerprint density at radius 1 is 1.31 bits per heavy atom. The fourth-order valence-electron chi connectivity index (χ4n) is 3.45. The van der Waals surface area contributed by atoms with E-state index in [1.165, 1.54) is 0 Å². The molecular weight excluding hydrogens is 358 g/mol. The standard InChI is InChI=1S/C19H26ClNO5/c1-6-25-14-9-19(17(23)24,18(14,4)5)21-15(22)10-26-13-7-11(2)16(20)12(3)8-13/h7-8,14H,6,9-10H2,1-5H3,(H,21,22)(H,23,24). The molecular formula is C19H26ClNO5. The molecule has 0 heterocycles. The number of amides is 1. The zero-order valence-corrected chi connectivity index (χ0v) is 16.6. The van der Waals surface area contributed by atoms with E-state index in [2.05, 4.69) is 5.32 Å². The van der Waals surface area contributed by atoms with Gasteiger partial charge in [-0.05, 0) is 44.0 Å². The molecule has 1 fully saturated rings. The van der Waals surface area contributed by atoms with Crippen molar-refractivity contribution in [2.75, 3.05) is 13.2 Å². The van der Waals surface area contributed by atoms with Gasteiger partial charge < -0.3 is 19.9 Å². The van der Waals surface area contributed by atoms with Crippen molar-refractivity contribution in [2.24, 2.45) is 5.41 Å². The highest BCUT2D eigenvalue weighted by molar-refractivity contribution is 6.32. The molecule has 1 aromatic carbocycles. The van der Waals surface area contributed by atoms with E-state index in [1.807, 2.05) is 20.8 Å². The molecule has 1 saturated carbocycles. The predicted octanol–water partition coefficient (Wildman–Crippen LogP) is 3.11. The largest absolute Gasteiger partial charge is 0.484 e. The van der Waals surface area contributed by atoms with Gasteiger partial charge in [-0.1, -0.05) is 25.4 Å². The van der Waals surface area contributed by atoms with Crippen LogP contribution in [0.5, 0.6) is 5.75 Å². The number of rotatable bonds is 7. The van der Waals surface area contributed by atoms with Gasteiger partial charge >= 0.3 is 5.97 Å². The van der Waals surface area contributed by atoms with Crippen LogP contribution in [0.25, 0.3) is 0 Å². The van der Waals surface area contributed by atoms with Gasteiger partial charge in [0.05, 0.1) is 6.10 Å². The molecule has 26 heavy (non-hydrogen) atoms. The Hall–Kier alpha value is -1.79. The summed E-state index contributed by atoms with van der Waals surface area (Å²) in [6, 6.07) is 3.49. The number of carboxylic acids is 1. The highest BCUT2D eigenvalue weighted by atomic mass is 35.5. The molecule has 0 aliphatic heterocycles. The summed E-state index contributed by atoms with van der Waals surface area (Å²) in [5.41, 5.74) is -0.385. The molecule has 7 heteroatoms. The van der Waals surface area contributed by atoms with Gasteiger partial charge in [0, 0.05) is 23.5 Å². The maximum Gasteiger partial charge on any atom is 0.330 e. The van der Waals surface area contributed by atoms with E-state index in [4.69, 9.17) is 21.1 Å². The lowest BCUT2D eigenvalue weighted by molar-refractivity contribution is -0.194. The molecule has 2 N–H and O–H groups in total. The van der Waals surface area contributed by atoms with Gasteiger partial charge in [0.15, 0.2) is 6.61 Å². The van der Waals surface area contributed by atoms with E-state index >= 15 is 0 Å². The molecule has 0 aromatic heterocycles. The minimum atomic E-state index is -1.36. The number of benzene rings is 1. The smallest absolute Gasteiger partial charge is 0.330 e. The maximum absolute atomic E-state index is 12.4. The summed E-state index contributed by atoms with van der Waals surface area (Å²) in [6.45, 7) is 9.37. The second kappa shape index (κ2) is 7.45. The first-order valence-electron chi connectivity index (χ1n) is 8.60. The van der Waals surface area contributed by atoms with Crippen molar-refractivity contribution in [2.45, 2.75) is 52.7 Å². The molecule has 0 bridgehead atoms. The van der Waals surface area contributed by atoms with E-state index in [0.29, 0.717) is 17.4 Å². The second-order valence-corrected chi connectivity index (χ2v) is 7.67. The van der Waals surface area contributed by atoms with Crippen LogP contribution in [0, 0.1) is 19.3 Å². The van der Waals surface area contributed by atoms with Crippen LogP contribution >= 0.6 is 11.6 Å². The van der Waals surface area contributed by atoms with E-state index in [-0.39, 0.29) is 19.1 Å². The van der Waals surface area contributed by atoms with E-state index in [1.54, 1.807) is 26.0 Å². The van der Waals surface area contributed by atoms with Gasteiger partial charge in [-0.25, -0.2) is 4.79 Å². The average Bonchev–Trinajstić information content (AvgIpc) is 2.56. The monoisotopic (exact) mass is 383 g/mol. The molecule has 0 radical (unpaired) electrons. The van der Waals surface area contributed by atoms with Crippen LogP contribution in [0.3, 0.4) is 0 Å². The predicted molar refractivity (Wildman–Crippen MR) is 98.7 cm³/mol. The molecule has 2 rings (SSSR count). The quantitative estimate of drug-likeness (QED) is 0.755. The lowest BCUT2D eigenvalue weighted by Gasteiger charge is -2.58. The third-order valence-electron chi connectivity index (χ3n) is 5.26. The summed E-state index contributed by atoms with van der Waals surface area (Å²) in [5.74, 6) is -1.03. The minimum Gasteiger partial charge on any atom is -0.484 e. The fraction of sp³-hybridized carbons (Fsp3) is 0.579. The Morgan fingerprint density at radius 3 is 2.35 bits per heavy atom. The SMILES string of the molecule is CCOC1CC(NC(=O)COc2cc(C)c(Cl)c(C)c2)(C(=O)O)C1(C)C. The first-order chi connectivity index (χ1) is 12.0. The summed E-state index contributed by atoms with van der Waals surface area (Å²) in [6.07, 6.45) is 0.0139. The van der Waals surface area contributed by atoms with E-state index < -0.39 is 22.8 Å². The van der Waals surface area contributed by atoms with Crippen LogP contribution in [-0.4, -0.2) is 41.8 Å². The summed E-state index contributed by atoms with van der Waals surface area (Å²) in [4.78, 5) is 24.2. The Morgan fingerprint density at radius 2 is 1.88 bits per heavy atom. The Kier molecular flexibility index (Phi) is 5.88. The Labute approximate surface area is 158 Å². The number of hydrogen-bond acceptors (Lipinski definition) is 4. The number of carbonyl (C=O) groups is 2. The molecule has 1 aromatic rings. The summed E-state index contributed by atoms with van der Waals surface area (Å²) < 4.78 is 11.1. The van der Waals surface area contributed by atoms with Gasteiger partial charge in [-0.3, -0.25) is 4.79 Å². The molecule has 2 atom stereocenters. The number of carboxylic acid groups (broad SMARTS) is 1. The number of aliphatic carboxylic acids is 1. The van der Waals surface area contributed by atoms with Crippen LogP contribution < -0.4 is 10.1 Å². The van der Waals surface area contributed by atoms with Crippen LogP contribution in [0.2, 0.25) is 5.02 Å². The van der Waals surface area contributed by atoms with Crippen molar-refractivity contribution in [1.82, 2.24) is 5.32 Å². The van der Waals surface area contributed by atoms with Gasteiger partial charge in [0.1, 0.15) is 11.3 Å². The summed E-state index contributed by atoms with van der Waals surface area (Å²) in [5, 5.41) is 13.0. The van der Waals surface area contributed by atoms with E-state index in [0.717, 1.165) is 11.1 Å². The molecule has 0 spiro atoms. The Bertz CT molecular complexity index is 695. The number of carbonyl (C=O) groups excluding carboxylic acids is 1. The number of halogens is 1. The molecule has 6 nitrogen and oxygen atoms in total. The molecule has 2 unspecified atom stereocenters. The van der Waals surface area contributed by atoms with Crippen LogP contribution in [0.4, 0.5) is 0 Å². The maximum atomic E-state index is 12.4. The highest BCUT2D eigenvalue weighted by Crippen LogP contribution is 2.51. The molecule has 144 valence electrons. The third-order valence-corrected chi connectivity index (χ3v) is 5.86. The average molecular weight is 384 g/mol. The lowest BCUT2D eigenvalue weighted by Crippen LogP contribution is -2.76. The fourth-order valence-corrected chi connectivity index (χ4v) is 3.56. The first kappa shape index (κ1) is 20.5. The zero-order chi connectivity index (χ0) is 19.7. The van der Waals surface area contributed by atoms with Crippen LogP contribution in [0.15, 0.2) is 12.1 Å². The van der Waals surface area contributed by atoms with E-state index in [9.17, 15) is 14.7 Å². The van der Waals surface area contributed by atoms with Crippen molar-refractivity contribution in [1.29, 1.82) is 0 Å². The Balaban J connectivity index is 2.05. The highest BCUT2D eigenvalue weighted by Gasteiger charge is 2.66. The summed E-state index contributed by atoms with van der Waals surface area (Å²) in [7, 11) is 0. The van der Waals surface area contributed by atoms with Crippen molar-refractivity contribution < 1.29 is 24.2 Å². The number of ether oxygens (including phenoxy) is 2. The van der Waals surface area contributed by atoms with Crippen LogP contribution in [-0.2, 0) is 14.3 Å². The second-order valence-electron chi connectivity index (χ2n) is 7.29. The van der Waals surface area contributed by atoms with Gasteiger partial charge in [0.2, 0.25) is 0 Å². The lowest BCUT2D eigenvalue weighted by atomic mass is 9.54. The zero-order valence-electron chi connectivity index (χ0n) is 15.8. The van der Waals surface area contributed by atoms with Gasteiger partial charge in [-0.2, -0.15) is 0 Å². The van der Waals surface area contributed by atoms with Crippen LogP contribution in [0.1, 0.15) is 38.3 Å². The molecule has 1 aliphatic rings. The molecule has 1 aliphatic carbocycles. The first-order valence-corrected chi connectivity index (χ1v) is 8.98. The van der Waals surface area contributed by atoms with Crippen molar-refractivity contribution >= 4 is 23.5 Å². The summed E-state index contributed by atoms with van der Waals surface area (Å²) >= 11 is 6.12. The number of nitrogens with one attached hydrogen (secondary N) is 1. The normalized spacial score (nSPS) is 23.8. The number of hydrogen-bond donors (Lipinski definition) is 2. The minimum absolute atomic E-state index is 0.216. The van der Waals surface area contributed by atoms with Crippen molar-refractivity contribution in [3.05, 3.63) is 28.3 Å². The van der Waals surface area contributed by atoms with Gasteiger partial charge in [-0.15, -0.1) is 0 Å². The van der Waals surface area contributed by atoms with Crippen molar-refractivity contribution in [3.63, 3.8) is 0 Å². The van der Waals surface area contributed by atoms with Gasteiger partial charge in [0.25, 0.3) is 5.91 Å². The van der Waals surface area contributed by atoms with Crippen molar-refractivity contribution in [3.8, 4) is 5.75 Å². The molecule has 1 amide bonds.